The van der Waals surface area contributed by atoms with E-state index in [9.17, 15) is 4.21 Å². The van der Waals surface area contributed by atoms with Crippen LogP contribution in [0, 0.1) is 0 Å². The Morgan fingerprint density at radius 1 is 1.67 bits per heavy atom. The Hall–Kier alpha value is 0.110. The van der Waals surface area contributed by atoms with Crippen LogP contribution in [-0.4, -0.2) is 20.8 Å². The lowest BCUT2D eigenvalue weighted by Crippen LogP contribution is -2.40. The molecule has 1 fully saturated rings. The zero-order chi connectivity index (χ0) is 7.07. The summed E-state index contributed by atoms with van der Waals surface area (Å²) in [5, 5.41) is 0. The highest BCUT2D eigenvalue weighted by Crippen LogP contribution is 2.26. The molecule has 2 N–H and O–H groups in total. The predicted molar refractivity (Wildman–Crippen MR) is 39.7 cm³/mol. The summed E-state index contributed by atoms with van der Waals surface area (Å²) in [5.74, 6) is 0.786. The molecule has 2 unspecified atom stereocenters. The lowest BCUT2D eigenvalue weighted by atomic mass is 10.0. The molecular formula is C6H13NOS. The van der Waals surface area contributed by atoms with Gasteiger partial charge in [-0.2, -0.15) is 0 Å². The van der Waals surface area contributed by atoms with Crippen LogP contribution in [0.2, 0.25) is 0 Å². The van der Waals surface area contributed by atoms with Crippen molar-refractivity contribution in [2.24, 2.45) is 5.73 Å². The first-order valence-electron chi connectivity index (χ1n) is 3.19. The highest BCUT2D eigenvalue weighted by atomic mass is 32.2. The number of rotatable bonds is 0. The Morgan fingerprint density at radius 2 is 2.22 bits per heavy atom. The van der Waals surface area contributed by atoms with Crippen LogP contribution in [0.1, 0.15) is 20.3 Å². The second kappa shape index (κ2) is 2.06. The van der Waals surface area contributed by atoms with Crippen molar-refractivity contribution in [3.63, 3.8) is 0 Å². The molecular weight excluding hydrogens is 134 g/mol. The third-order valence-corrected chi connectivity index (χ3v) is 4.18. The van der Waals surface area contributed by atoms with Crippen LogP contribution < -0.4 is 5.73 Å². The minimum Gasteiger partial charge on any atom is -0.326 e. The van der Waals surface area contributed by atoms with Gasteiger partial charge >= 0.3 is 0 Å². The first-order chi connectivity index (χ1) is 4.05. The Balaban J connectivity index is 2.78. The molecule has 1 saturated heterocycles. The molecule has 0 aromatic heterocycles. The Bertz CT molecular complexity index is 144. The Labute approximate surface area is 58.3 Å². The van der Waals surface area contributed by atoms with E-state index in [-0.39, 0.29) is 10.8 Å². The van der Waals surface area contributed by atoms with Crippen molar-refractivity contribution in [3.05, 3.63) is 0 Å². The van der Waals surface area contributed by atoms with Crippen LogP contribution >= 0.6 is 0 Å². The summed E-state index contributed by atoms with van der Waals surface area (Å²) < 4.78 is 11.0. The van der Waals surface area contributed by atoms with Gasteiger partial charge in [-0.1, -0.05) is 0 Å². The lowest BCUT2D eigenvalue weighted by Gasteiger charge is -2.20. The fourth-order valence-electron chi connectivity index (χ4n) is 1.01. The van der Waals surface area contributed by atoms with Crippen LogP contribution in [0.4, 0.5) is 0 Å². The van der Waals surface area contributed by atoms with Crippen LogP contribution in [0.5, 0.6) is 0 Å². The van der Waals surface area contributed by atoms with Gasteiger partial charge in [0.2, 0.25) is 0 Å². The third kappa shape index (κ3) is 1.03. The van der Waals surface area contributed by atoms with Gasteiger partial charge in [0.15, 0.2) is 0 Å². The largest absolute Gasteiger partial charge is 0.326 e. The molecule has 1 rings (SSSR count). The second-order valence-corrected chi connectivity index (χ2v) is 5.20. The van der Waals surface area contributed by atoms with E-state index in [1.807, 2.05) is 13.8 Å². The summed E-state index contributed by atoms with van der Waals surface area (Å²) in [4.78, 5) is 0. The first-order valence-corrected chi connectivity index (χ1v) is 4.51. The van der Waals surface area contributed by atoms with E-state index in [4.69, 9.17) is 5.73 Å². The quantitative estimate of drug-likeness (QED) is 0.533. The zero-order valence-electron chi connectivity index (χ0n) is 5.89. The molecule has 54 valence electrons. The predicted octanol–water partition coefficient (Wildman–Crippen LogP) is 0.245. The first kappa shape index (κ1) is 7.22. The van der Waals surface area contributed by atoms with Gasteiger partial charge in [0.25, 0.3) is 0 Å². The molecule has 0 bridgehead atoms. The van der Waals surface area contributed by atoms with Crippen LogP contribution in [0.25, 0.3) is 0 Å². The van der Waals surface area contributed by atoms with Gasteiger partial charge in [-0.3, -0.25) is 4.21 Å². The third-order valence-electron chi connectivity index (χ3n) is 2.09. The number of nitrogens with two attached hydrogens (primary N) is 1. The molecule has 0 amide bonds. The van der Waals surface area contributed by atoms with E-state index in [2.05, 4.69) is 0 Å². The van der Waals surface area contributed by atoms with Crippen LogP contribution in [0.15, 0.2) is 0 Å². The molecule has 3 heteroatoms. The fourth-order valence-corrected chi connectivity index (χ4v) is 2.46. The van der Waals surface area contributed by atoms with Crippen molar-refractivity contribution < 1.29 is 4.21 Å². The fraction of sp³-hybridized carbons (Fsp3) is 1.00. The number of hydrogen-bond acceptors (Lipinski definition) is 2. The van der Waals surface area contributed by atoms with Gasteiger partial charge in [-0.15, -0.1) is 0 Å². The summed E-state index contributed by atoms with van der Waals surface area (Å²) in [6, 6.07) is 0.137. The average Bonchev–Trinajstić information content (AvgIpc) is 1.96. The smallest absolute Gasteiger partial charge is 0.0553 e. The maximum Gasteiger partial charge on any atom is 0.0553 e. The van der Waals surface area contributed by atoms with Crippen molar-refractivity contribution in [1.29, 1.82) is 0 Å². The van der Waals surface area contributed by atoms with Gasteiger partial charge in [0, 0.05) is 22.6 Å². The molecule has 2 nitrogen and oxygen atoms in total. The monoisotopic (exact) mass is 147 g/mol. The van der Waals surface area contributed by atoms with Gasteiger partial charge in [0.05, 0.1) is 4.75 Å². The van der Waals surface area contributed by atoms with Crippen molar-refractivity contribution in [1.82, 2.24) is 0 Å². The minimum atomic E-state index is -0.688. The minimum absolute atomic E-state index is 0.137. The van der Waals surface area contributed by atoms with E-state index in [0.717, 1.165) is 12.2 Å². The summed E-state index contributed by atoms with van der Waals surface area (Å²) in [6.07, 6.45) is 0.916. The van der Waals surface area contributed by atoms with Crippen LogP contribution in [0.3, 0.4) is 0 Å². The molecule has 1 aliphatic rings. The molecule has 0 spiro atoms. The van der Waals surface area contributed by atoms with Crippen molar-refractivity contribution in [2.75, 3.05) is 5.75 Å². The highest BCUT2D eigenvalue weighted by molar-refractivity contribution is 7.86. The van der Waals surface area contributed by atoms with Crippen molar-refractivity contribution in [2.45, 2.75) is 31.1 Å². The molecule has 0 radical (unpaired) electrons. The SMILES string of the molecule is CC1(C)C(N)CCS1=O. The van der Waals surface area contributed by atoms with E-state index < -0.39 is 10.8 Å². The Kier molecular flexibility index (Phi) is 1.65. The zero-order valence-corrected chi connectivity index (χ0v) is 6.70. The van der Waals surface area contributed by atoms with Gasteiger partial charge in [0.1, 0.15) is 0 Å². The molecule has 0 aliphatic carbocycles. The van der Waals surface area contributed by atoms with Gasteiger partial charge in [-0.25, -0.2) is 0 Å². The average molecular weight is 147 g/mol. The lowest BCUT2D eigenvalue weighted by molar-refractivity contribution is 0.542. The molecule has 1 heterocycles. The normalized spacial score (nSPS) is 41.2. The molecule has 0 aromatic carbocycles. The Morgan fingerprint density at radius 3 is 2.33 bits per heavy atom. The molecule has 0 saturated carbocycles. The van der Waals surface area contributed by atoms with Crippen molar-refractivity contribution >= 4 is 10.8 Å². The summed E-state index contributed by atoms with van der Waals surface area (Å²) in [5.41, 5.74) is 5.71. The second-order valence-electron chi connectivity index (χ2n) is 3.05. The van der Waals surface area contributed by atoms with Gasteiger partial charge < -0.3 is 5.73 Å². The van der Waals surface area contributed by atoms with E-state index >= 15 is 0 Å². The summed E-state index contributed by atoms with van der Waals surface area (Å²) >= 11 is 0. The maximum absolute atomic E-state index is 11.1. The van der Waals surface area contributed by atoms with Crippen molar-refractivity contribution in [3.8, 4) is 0 Å². The topological polar surface area (TPSA) is 43.1 Å². The van der Waals surface area contributed by atoms with E-state index in [1.54, 1.807) is 0 Å². The molecule has 1 aliphatic heterocycles. The van der Waals surface area contributed by atoms with E-state index in [0.29, 0.717) is 0 Å². The van der Waals surface area contributed by atoms with Gasteiger partial charge in [-0.05, 0) is 20.3 Å². The summed E-state index contributed by atoms with van der Waals surface area (Å²) in [6.45, 7) is 3.95. The van der Waals surface area contributed by atoms with E-state index in [1.165, 1.54) is 0 Å². The molecule has 9 heavy (non-hydrogen) atoms. The highest BCUT2D eigenvalue weighted by Gasteiger charge is 2.38. The van der Waals surface area contributed by atoms with Crippen LogP contribution in [-0.2, 0) is 10.8 Å². The molecule has 2 atom stereocenters. The molecule has 0 aromatic rings. The number of hydrogen-bond donors (Lipinski definition) is 1. The standard InChI is InChI=1S/C6H13NOS/c1-6(2)5(7)3-4-9(6)8/h5H,3-4,7H2,1-2H3. The maximum atomic E-state index is 11.1. The summed E-state index contributed by atoms with van der Waals surface area (Å²) in [7, 11) is -0.688.